The molecule has 7 nitrogen and oxygen atoms in total. The van der Waals surface area contributed by atoms with E-state index in [9.17, 15) is 0 Å². The summed E-state index contributed by atoms with van der Waals surface area (Å²) < 4.78 is 10.9. The van der Waals surface area contributed by atoms with E-state index < -0.39 is 0 Å². The van der Waals surface area contributed by atoms with Crippen LogP contribution in [0.5, 0.6) is 11.5 Å². The van der Waals surface area contributed by atoms with Gasteiger partial charge in [-0.1, -0.05) is 36.4 Å². The number of rotatable bonds is 10. The monoisotopic (exact) mass is 440 g/mol. The Labute approximate surface area is 191 Å². The lowest BCUT2D eigenvalue weighted by Crippen LogP contribution is -2.48. The van der Waals surface area contributed by atoms with Gasteiger partial charge in [0.05, 0.1) is 20.3 Å². The number of hydrogen-bond donors (Lipinski definition) is 3. The summed E-state index contributed by atoms with van der Waals surface area (Å²) in [6, 6.07) is 16.9. The average Bonchev–Trinajstić information content (AvgIpc) is 2.83. The summed E-state index contributed by atoms with van der Waals surface area (Å²) in [7, 11) is 1.62. The highest BCUT2D eigenvalue weighted by Gasteiger charge is 2.20. The Kier molecular flexibility index (Phi) is 9.65. The molecule has 0 atom stereocenters. The second-order valence-electron chi connectivity index (χ2n) is 7.93. The standard InChI is InChI=1S/C25H36N4O3/c1-3-26-25(27-18-21-9-10-23(32-16-15-30)24(17-21)31-2)28-22-11-13-29(14-12-22)19-20-7-5-4-6-8-20/h4-10,17,22,30H,3,11-16,18-19H2,1-2H3,(H2,26,27,28). The molecule has 174 valence electrons. The van der Waals surface area contributed by atoms with Gasteiger partial charge in [0.2, 0.25) is 0 Å². The summed E-state index contributed by atoms with van der Waals surface area (Å²) in [5.41, 5.74) is 2.41. The number of benzene rings is 2. The van der Waals surface area contributed by atoms with E-state index in [2.05, 4.69) is 52.8 Å². The van der Waals surface area contributed by atoms with Crippen molar-refractivity contribution in [2.45, 2.75) is 38.9 Å². The topological polar surface area (TPSA) is 78.4 Å². The van der Waals surface area contributed by atoms with Crippen LogP contribution >= 0.6 is 0 Å². The van der Waals surface area contributed by atoms with Gasteiger partial charge in [0.25, 0.3) is 0 Å². The number of methoxy groups -OCH3 is 1. The minimum Gasteiger partial charge on any atom is -0.493 e. The Morgan fingerprint density at radius 2 is 1.88 bits per heavy atom. The molecule has 0 saturated carbocycles. The molecule has 1 saturated heterocycles. The van der Waals surface area contributed by atoms with Crippen molar-refractivity contribution in [1.29, 1.82) is 0 Å². The molecule has 32 heavy (non-hydrogen) atoms. The third kappa shape index (κ3) is 7.43. The molecule has 1 heterocycles. The van der Waals surface area contributed by atoms with Gasteiger partial charge in [-0.05, 0) is 43.0 Å². The predicted octanol–water partition coefficient (Wildman–Crippen LogP) is 2.79. The molecule has 7 heteroatoms. The zero-order chi connectivity index (χ0) is 22.6. The number of guanidine groups is 1. The minimum absolute atomic E-state index is 0.0297. The van der Waals surface area contributed by atoms with Crippen LogP contribution in [0.25, 0.3) is 0 Å². The number of ether oxygens (including phenoxy) is 2. The van der Waals surface area contributed by atoms with Crippen LogP contribution in [0.4, 0.5) is 0 Å². The van der Waals surface area contributed by atoms with Crippen LogP contribution in [0, 0.1) is 0 Å². The molecule has 0 radical (unpaired) electrons. The average molecular weight is 441 g/mol. The van der Waals surface area contributed by atoms with E-state index in [0.29, 0.717) is 24.1 Å². The third-order valence-corrected chi connectivity index (χ3v) is 5.52. The van der Waals surface area contributed by atoms with Crippen LogP contribution in [0.15, 0.2) is 53.5 Å². The van der Waals surface area contributed by atoms with Crippen molar-refractivity contribution in [2.75, 3.05) is 40.0 Å². The fourth-order valence-electron chi connectivity index (χ4n) is 3.85. The molecular weight excluding hydrogens is 404 g/mol. The molecule has 3 N–H and O–H groups in total. The van der Waals surface area contributed by atoms with Crippen molar-refractivity contribution < 1.29 is 14.6 Å². The van der Waals surface area contributed by atoms with E-state index in [-0.39, 0.29) is 13.2 Å². The molecule has 1 aliphatic rings. The summed E-state index contributed by atoms with van der Waals surface area (Å²) >= 11 is 0. The molecule has 0 amide bonds. The van der Waals surface area contributed by atoms with Crippen molar-refractivity contribution >= 4 is 5.96 Å². The van der Waals surface area contributed by atoms with Crippen LogP contribution < -0.4 is 20.1 Å². The first-order valence-corrected chi connectivity index (χ1v) is 11.4. The molecule has 0 spiro atoms. The number of aliphatic imine (C=N–C) groups is 1. The van der Waals surface area contributed by atoms with E-state index in [0.717, 1.165) is 50.5 Å². The number of aliphatic hydroxyl groups is 1. The van der Waals surface area contributed by atoms with Gasteiger partial charge < -0.3 is 25.2 Å². The van der Waals surface area contributed by atoms with Gasteiger partial charge in [0.1, 0.15) is 6.61 Å². The molecule has 2 aromatic rings. The molecule has 1 fully saturated rings. The smallest absolute Gasteiger partial charge is 0.191 e. The Morgan fingerprint density at radius 1 is 1.09 bits per heavy atom. The van der Waals surface area contributed by atoms with E-state index in [4.69, 9.17) is 19.6 Å². The minimum atomic E-state index is -0.0297. The van der Waals surface area contributed by atoms with Crippen LogP contribution in [0.1, 0.15) is 30.9 Å². The van der Waals surface area contributed by atoms with Gasteiger partial charge in [0.15, 0.2) is 17.5 Å². The molecule has 0 aliphatic carbocycles. The lowest BCUT2D eigenvalue weighted by atomic mass is 10.0. The highest BCUT2D eigenvalue weighted by Crippen LogP contribution is 2.28. The first-order valence-electron chi connectivity index (χ1n) is 11.4. The van der Waals surface area contributed by atoms with Crippen LogP contribution in [-0.2, 0) is 13.1 Å². The van der Waals surface area contributed by atoms with Crippen molar-refractivity contribution in [3.8, 4) is 11.5 Å². The number of nitrogens with one attached hydrogen (secondary N) is 2. The molecule has 0 aromatic heterocycles. The third-order valence-electron chi connectivity index (χ3n) is 5.52. The Bertz CT molecular complexity index is 836. The summed E-state index contributed by atoms with van der Waals surface area (Å²) in [5.74, 6) is 2.12. The fraction of sp³-hybridized carbons (Fsp3) is 0.480. The second-order valence-corrected chi connectivity index (χ2v) is 7.93. The maximum absolute atomic E-state index is 8.96. The number of piperidine rings is 1. The second kappa shape index (κ2) is 12.9. The number of likely N-dealkylation sites (tertiary alicyclic amines) is 1. The first-order chi connectivity index (χ1) is 15.7. The molecular formula is C25H36N4O3. The van der Waals surface area contributed by atoms with Gasteiger partial charge in [-0.25, -0.2) is 4.99 Å². The van der Waals surface area contributed by atoms with Gasteiger partial charge >= 0.3 is 0 Å². The van der Waals surface area contributed by atoms with Crippen LogP contribution in [-0.4, -0.2) is 62.0 Å². The molecule has 0 bridgehead atoms. The summed E-state index contributed by atoms with van der Waals surface area (Å²) in [5, 5.41) is 15.9. The lowest BCUT2D eigenvalue weighted by Gasteiger charge is -2.33. The van der Waals surface area contributed by atoms with Crippen LogP contribution in [0.3, 0.4) is 0 Å². The maximum atomic E-state index is 8.96. The van der Waals surface area contributed by atoms with Crippen molar-refractivity contribution in [1.82, 2.24) is 15.5 Å². The maximum Gasteiger partial charge on any atom is 0.191 e. The largest absolute Gasteiger partial charge is 0.493 e. The normalized spacial score (nSPS) is 15.4. The van der Waals surface area contributed by atoms with Crippen molar-refractivity contribution in [2.24, 2.45) is 4.99 Å². The number of nitrogens with zero attached hydrogens (tertiary/aromatic N) is 2. The van der Waals surface area contributed by atoms with Gasteiger partial charge in [-0.15, -0.1) is 0 Å². The van der Waals surface area contributed by atoms with Gasteiger partial charge in [0, 0.05) is 32.2 Å². The number of hydrogen-bond acceptors (Lipinski definition) is 5. The molecule has 3 rings (SSSR count). The van der Waals surface area contributed by atoms with E-state index in [1.165, 1.54) is 5.56 Å². The van der Waals surface area contributed by atoms with E-state index in [1.807, 2.05) is 18.2 Å². The van der Waals surface area contributed by atoms with Crippen molar-refractivity contribution in [3.63, 3.8) is 0 Å². The zero-order valence-corrected chi connectivity index (χ0v) is 19.2. The van der Waals surface area contributed by atoms with Crippen molar-refractivity contribution in [3.05, 3.63) is 59.7 Å². The van der Waals surface area contributed by atoms with E-state index in [1.54, 1.807) is 7.11 Å². The van der Waals surface area contributed by atoms with Gasteiger partial charge in [-0.3, -0.25) is 4.90 Å². The molecule has 0 unspecified atom stereocenters. The van der Waals surface area contributed by atoms with Crippen LogP contribution in [0.2, 0.25) is 0 Å². The quantitative estimate of drug-likeness (QED) is 0.390. The summed E-state index contributed by atoms with van der Waals surface area (Å²) in [6.45, 7) is 6.83. The summed E-state index contributed by atoms with van der Waals surface area (Å²) in [4.78, 5) is 7.29. The lowest BCUT2D eigenvalue weighted by molar-refractivity contribution is 0.196. The Balaban J connectivity index is 1.53. The zero-order valence-electron chi connectivity index (χ0n) is 19.2. The number of aliphatic hydroxyl groups excluding tert-OH is 1. The molecule has 2 aromatic carbocycles. The fourth-order valence-corrected chi connectivity index (χ4v) is 3.85. The molecule has 1 aliphatic heterocycles. The Hall–Kier alpha value is -2.77. The van der Waals surface area contributed by atoms with Gasteiger partial charge in [-0.2, -0.15) is 0 Å². The summed E-state index contributed by atoms with van der Waals surface area (Å²) in [6.07, 6.45) is 2.20. The predicted molar refractivity (Wildman–Crippen MR) is 128 cm³/mol. The highest BCUT2D eigenvalue weighted by molar-refractivity contribution is 5.80. The first kappa shape index (κ1) is 23.9. The highest BCUT2D eigenvalue weighted by atomic mass is 16.5. The Morgan fingerprint density at radius 3 is 2.56 bits per heavy atom. The van der Waals surface area contributed by atoms with E-state index >= 15 is 0 Å². The SMILES string of the molecule is CCNC(=NCc1ccc(OCCO)c(OC)c1)NC1CCN(Cc2ccccc2)CC1.